The lowest BCUT2D eigenvalue weighted by Crippen LogP contribution is -1.98. The summed E-state index contributed by atoms with van der Waals surface area (Å²) in [4.78, 5) is 4.04. The first-order valence-corrected chi connectivity index (χ1v) is 5.44. The molecule has 0 unspecified atom stereocenters. The molecule has 0 amide bonds. The van der Waals surface area contributed by atoms with Crippen LogP contribution in [0.5, 0.6) is 0 Å². The molecule has 0 aliphatic rings. The number of aliphatic imine (C=N–C) groups is 1. The van der Waals surface area contributed by atoms with Gasteiger partial charge in [0.2, 0.25) is 0 Å². The number of hydrogen-bond acceptors (Lipinski definition) is 2. The molecule has 2 heteroatoms. The minimum atomic E-state index is 0. The Morgan fingerprint density at radius 2 is 1.88 bits per heavy atom. The number of allylic oxidation sites excluding steroid dienone is 1. The van der Waals surface area contributed by atoms with Crippen molar-refractivity contribution in [2.75, 3.05) is 0 Å². The lowest BCUT2D eigenvalue weighted by atomic mass is 10.1. The summed E-state index contributed by atoms with van der Waals surface area (Å²) in [6.07, 6.45) is 3.43. The second-order valence-electron chi connectivity index (χ2n) is 2.84. The van der Waals surface area contributed by atoms with Crippen LogP contribution in [-0.2, 0) is 0 Å². The highest BCUT2D eigenvalue weighted by Gasteiger charge is 2.00. The monoisotopic (exact) mass is 218 g/mol. The first-order valence-electron chi connectivity index (χ1n) is 5.44. The van der Waals surface area contributed by atoms with Crippen molar-refractivity contribution in [1.82, 2.24) is 0 Å². The van der Waals surface area contributed by atoms with Crippen molar-refractivity contribution in [2.45, 2.75) is 20.8 Å². The van der Waals surface area contributed by atoms with Crippen LogP contribution in [0.2, 0.25) is 0 Å². The highest BCUT2D eigenvalue weighted by molar-refractivity contribution is 5.78. The molecule has 1 rings (SSSR count). The normalized spacial score (nSPS) is 10.8. The van der Waals surface area contributed by atoms with Gasteiger partial charge in [-0.25, -0.2) is 0 Å². The molecule has 1 aromatic rings. The van der Waals surface area contributed by atoms with Crippen LogP contribution in [0.1, 0.15) is 27.8 Å². The Hall–Kier alpha value is -1.83. The van der Waals surface area contributed by atoms with Crippen LogP contribution in [0, 0.1) is 0 Å². The Labute approximate surface area is 99.7 Å². The molecule has 0 bridgehead atoms. The molecule has 0 saturated carbocycles. The van der Waals surface area contributed by atoms with Gasteiger partial charge in [-0.2, -0.15) is 0 Å². The molecule has 0 saturated heterocycles. The first-order chi connectivity index (χ1) is 7.75. The number of rotatable bonds is 3. The summed E-state index contributed by atoms with van der Waals surface area (Å²) >= 11 is 0. The molecular weight excluding hydrogens is 196 g/mol. The molecule has 0 atom stereocenters. The van der Waals surface area contributed by atoms with Gasteiger partial charge in [0.15, 0.2) is 0 Å². The molecule has 0 heterocycles. The summed E-state index contributed by atoms with van der Waals surface area (Å²) in [5.41, 5.74) is 8.10. The molecule has 88 valence electrons. The zero-order valence-corrected chi connectivity index (χ0v) is 10.3. The van der Waals surface area contributed by atoms with Crippen molar-refractivity contribution in [3.8, 4) is 0 Å². The van der Waals surface area contributed by atoms with E-state index in [-0.39, 0.29) is 1.43 Å². The molecule has 0 aromatic heterocycles. The Balaban J connectivity index is 0. The zero-order chi connectivity index (χ0) is 12.4. The van der Waals surface area contributed by atoms with Crippen molar-refractivity contribution in [3.05, 3.63) is 54.4 Å². The van der Waals surface area contributed by atoms with Gasteiger partial charge >= 0.3 is 0 Å². The molecule has 0 radical (unpaired) electrons. The summed E-state index contributed by atoms with van der Waals surface area (Å²) in [5.74, 6) is 0. The fourth-order valence-corrected chi connectivity index (χ4v) is 1.11. The minimum absolute atomic E-state index is 0. The molecule has 0 aliphatic heterocycles. The maximum atomic E-state index is 5.67. The predicted molar refractivity (Wildman–Crippen MR) is 75.4 cm³/mol. The maximum absolute atomic E-state index is 5.67. The Morgan fingerprint density at radius 3 is 2.31 bits per heavy atom. The van der Waals surface area contributed by atoms with Gasteiger partial charge < -0.3 is 5.73 Å². The molecule has 0 aliphatic carbocycles. The Bertz CT molecular complexity index is 367. The second-order valence-corrected chi connectivity index (χ2v) is 2.84. The van der Waals surface area contributed by atoms with Gasteiger partial charge in [0.25, 0.3) is 0 Å². The minimum Gasteiger partial charge on any atom is -0.399 e. The second kappa shape index (κ2) is 8.48. The van der Waals surface area contributed by atoms with Crippen molar-refractivity contribution in [1.29, 1.82) is 0 Å². The van der Waals surface area contributed by atoms with Gasteiger partial charge in [0, 0.05) is 25.1 Å². The number of nitrogens with two attached hydrogens (primary N) is 1. The fraction of sp³-hybridized carbons (Fsp3) is 0.214. The lowest BCUT2D eigenvalue weighted by molar-refractivity contribution is 1.41. The van der Waals surface area contributed by atoms with E-state index in [9.17, 15) is 0 Å². The third-order valence-corrected chi connectivity index (χ3v) is 1.78. The summed E-state index contributed by atoms with van der Waals surface area (Å²) < 4.78 is 0. The molecular formula is C14H22N2. The van der Waals surface area contributed by atoms with Gasteiger partial charge in [-0.05, 0) is 12.5 Å². The average molecular weight is 218 g/mol. The molecule has 2 nitrogen and oxygen atoms in total. The largest absolute Gasteiger partial charge is 0.399 e. The smallest absolute Gasteiger partial charge is 0.0362 e. The topological polar surface area (TPSA) is 38.4 Å². The maximum Gasteiger partial charge on any atom is 0.0362 e. The van der Waals surface area contributed by atoms with Crippen LogP contribution in [-0.4, -0.2) is 6.21 Å². The van der Waals surface area contributed by atoms with E-state index in [4.69, 9.17) is 5.73 Å². The number of nitrogens with zero attached hydrogens (tertiary/aromatic N) is 1. The quantitative estimate of drug-likeness (QED) is 0.607. The van der Waals surface area contributed by atoms with Crippen LogP contribution >= 0.6 is 0 Å². The standard InChI is InChI=1S/C12H14N2.C2H6.H2/c1-3-14-9-12(10(2)13)11-7-5-4-6-8-11;1-2;/h3-9H,2,13H2,1H3;1-2H3;1H/b12-9+,14-3?;;. The third-order valence-electron chi connectivity index (χ3n) is 1.78. The van der Waals surface area contributed by atoms with E-state index in [1.54, 1.807) is 12.4 Å². The third kappa shape index (κ3) is 4.60. The van der Waals surface area contributed by atoms with E-state index >= 15 is 0 Å². The first kappa shape index (κ1) is 14.2. The summed E-state index contributed by atoms with van der Waals surface area (Å²) in [6, 6.07) is 9.84. The summed E-state index contributed by atoms with van der Waals surface area (Å²) in [5, 5.41) is 0. The van der Waals surface area contributed by atoms with E-state index in [0.717, 1.165) is 11.1 Å². The van der Waals surface area contributed by atoms with Crippen LogP contribution in [0.25, 0.3) is 5.57 Å². The summed E-state index contributed by atoms with van der Waals surface area (Å²) in [7, 11) is 0. The molecule has 0 spiro atoms. The number of benzene rings is 1. The van der Waals surface area contributed by atoms with Crippen molar-refractivity contribution in [2.24, 2.45) is 10.7 Å². The van der Waals surface area contributed by atoms with Crippen molar-refractivity contribution >= 4 is 11.8 Å². The predicted octanol–water partition coefficient (Wildman–Crippen LogP) is 3.86. The summed E-state index contributed by atoms with van der Waals surface area (Å²) in [6.45, 7) is 9.58. The van der Waals surface area contributed by atoms with E-state index in [1.165, 1.54) is 0 Å². The molecule has 2 N–H and O–H groups in total. The van der Waals surface area contributed by atoms with Gasteiger partial charge in [0.1, 0.15) is 0 Å². The van der Waals surface area contributed by atoms with E-state index in [0.29, 0.717) is 5.70 Å². The Morgan fingerprint density at radius 1 is 1.31 bits per heavy atom. The van der Waals surface area contributed by atoms with E-state index < -0.39 is 0 Å². The van der Waals surface area contributed by atoms with Crippen molar-refractivity contribution in [3.63, 3.8) is 0 Å². The lowest BCUT2D eigenvalue weighted by Gasteiger charge is -2.04. The van der Waals surface area contributed by atoms with E-state index in [1.807, 2.05) is 51.1 Å². The SMILES string of the molecule is C=C(N)/C(=C\N=CC)c1ccccc1.CC.[HH]. The van der Waals surface area contributed by atoms with Gasteiger partial charge in [-0.1, -0.05) is 50.8 Å². The highest BCUT2D eigenvalue weighted by atomic mass is 14.7. The van der Waals surface area contributed by atoms with E-state index in [2.05, 4.69) is 11.6 Å². The van der Waals surface area contributed by atoms with Crippen LogP contribution < -0.4 is 5.73 Å². The molecule has 0 fully saturated rings. The number of hydrogen-bond donors (Lipinski definition) is 1. The molecule has 16 heavy (non-hydrogen) atoms. The zero-order valence-electron chi connectivity index (χ0n) is 10.3. The van der Waals surface area contributed by atoms with Crippen LogP contribution in [0.3, 0.4) is 0 Å². The average Bonchev–Trinajstić information content (AvgIpc) is 2.33. The van der Waals surface area contributed by atoms with Gasteiger partial charge in [0.05, 0.1) is 0 Å². The van der Waals surface area contributed by atoms with Gasteiger partial charge in [-0.3, -0.25) is 4.99 Å². The fourth-order valence-electron chi connectivity index (χ4n) is 1.11. The highest BCUT2D eigenvalue weighted by Crippen LogP contribution is 2.18. The van der Waals surface area contributed by atoms with Crippen LogP contribution in [0.4, 0.5) is 0 Å². The van der Waals surface area contributed by atoms with Crippen molar-refractivity contribution < 1.29 is 1.43 Å². The Kier molecular flexibility index (Phi) is 7.51. The van der Waals surface area contributed by atoms with Gasteiger partial charge in [-0.15, -0.1) is 0 Å². The van der Waals surface area contributed by atoms with Crippen LogP contribution in [0.15, 0.2) is 53.8 Å². The molecule has 1 aromatic carbocycles.